The van der Waals surface area contributed by atoms with E-state index in [1.807, 2.05) is 13.8 Å². The number of H-pyrrole nitrogens is 1. The first-order valence-corrected chi connectivity index (χ1v) is 12.4. The summed E-state index contributed by atoms with van der Waals surface area (Å²) < 4.78 is 0. The Labute approximate surface area is 215 Å². The second kappa shape index (κ2) is 14.2. The first-order valence-electron chi connectivity index (χ1n) is 12.4. The van der Waals surface area contributed by atoms with Crippen molar-refractivity contribution < 1.29 is 24.3 Å². The van der Waals surface area contributed by atoms with Crippen LogP contribution in [0, 0.1) is 5.92 Å². The maximum atomic E-state index is 13.2. The Morgan fingerprint density at radius 1 is 1.24 bits per heavy atom. The maximum Gasteiger partial charge on any atom is 0.326 e. The molecular weight excluding hydrogens is 482 g/mol. The number of carboxylic acids is 1. The Bertz CT molecular complexity index is 946. The fourth-order valence-electron chi connectivity index (χ4n) is 4.22. The summed E-state index contributed by atoms with van der Waals surface area (Å²) in [6.07, 6.45) is 5.12. The summed E-state index contributed by atoms with van der Waals surface area (Å²) in [6, 6.07) is -3.75. The van der Waals surface area contributed by atoms with Crippen LogP contribution in [-0.4, -0.2) is 86.9 Å². The van der Waals surface area contributed by atoms with E-state index in [9.17, 15) is 24.3 Å². The van der Waals surface area contributed by atoms with Gasteiger partial charge in [0.1, 0.15) is 18.1 Å². The quantitative estimate of drug-likeness (QED) is 0.0848. The Morgan fingerprint density at radius 2 is 1.97 bits per heavy atom. The first-order chi connectivity index (χ1) is 17.5. The van der Waals surface area contributed by atoms with Gasteiger partial charge in [-0.25, -0.2) is 9.78 Å². The molecule has 1 aliphatic heterocycles. The number of hydrogen-bond acceptors (Lipinski definition) is 7. The van der Waals surface area contributed by atoms with Gasteiger partial charge in [-0.1, -0.05) is 13.8 Å². The van der Waals surface area contributed by atoms with Gasteiger partial charge in [-0.15, -0.1) is 0 Å². The van der Waals surface area contributed by atoms with Crippen LogP contribution in [0.1, 0.15) is 51.6 Å². The number of aliphatic carboxylic acids is 1. The van der Waals surface area contributed by atoms with Crippen molar-refractivity contribution in [2.45, 2.75) is 76.5 Å². The molecule has 37 heavy (non-hydrogen) atoms. The highest BCUT2D eigenvalue weighted by Gasteiger charge is 2.38. The van der Waals surface area contributed by atoms with E-state index < -0.39 is 42.0 Å². The molecule has 10 N–H and O–H groups in total. The molecule has 0 aromatic carbocycles. The van der Waals surface area contributed by atoms with Crippen LogP contribution in [0.4, 0.5) is 0 Å². The predicted octanol–water partition coefficient (Wildman–Crippen LogP) is -1.58. The molecule has 4 atom stereocenters. The summed E-state index contributed by atoms with van der Waals surface area (Å²) >= 11 is 0. The van der Waals surface area contributed by atoms with Gasteiger partial charge in [0.05, 0.1) is 12.4 Å². The van der Waals surface area contributed by atoms with E-state index in [-0.39, 0.29) is 24.2 Å². The number of hydrogen-bond donors (Lipinski definition) is 7. The zero-order chi connectivity index (χ0) is 27.5. The Balaban J connectivity index is 2.03. The van der Waals surface area contributed by atoms with Crippen molar-refractivity contribution in [2.24, 2.45) is 28.1 Å². The highest BCUT2D eigenvalue weighted by atomic mass is 16.4. The average molecular weight is 522 g/mol. The van der Waals surface area contributed by atoms with Gasteiger partial charge in [-0.3, -0.25) is 19.4 Å². The second-order valence-corrected chi connectivity index (χ2v) is 9.62. The van der Waals surface area contributed by atoms with Gasteiger partial charge in [-0.05, 0) is 38.0 Å². The number of nitrogens with one attached hydrogen (secondary N) is 3. The minimum atomic E-state index is -1.21. The number of nitrogens with zero attached hydrogens (tertiary/aromatic N) is 3. The molecule has 1 saturated heterocycles. The Morgan fingerprint density at radius 3 is 2.57 bits per heavy atom. The molecule has 0 saturated carbocycles. The lowest BCUT2D eigenvalue weighted by molar-refractivity contribution is -0.143. The highest BCUT2D eigenvalue weighted by Crippen LogP contribution is 2.20. The number of amides is 3. The number of likely N-dealkylation sites (tertiary alicyclic amines) is 1. The molecule has 206 valence electrons. The molecule has 2 rings (SSSR count). The normalized spacial score (nSPS) is 17.6. The lowest BCUT2D eigenvalue weighted by atomic mass is 10.0. The monoisotopic (exact) mass is 521 g/mol. The van der Waals surface area contributed by atoms with Gasteiger partial charge in [0.25, 0.3) is 0 Å². The predicted molar refractivity (Wildman–Crippen MR) is 136 cm³/mol. The van der Waals surface area contributed by atoms with Crippen LogP contribution in [-0.2, 0) is 25.6 Å². The van der Waals surface area contributed by atoms with Crippen molar-refractivity contribution in [1.82, 2.24) is 25.5 Å². The summed E-state index contributed by atoms with van der Waals surface area (Å²) in [7, 11) is 0. The molecule has 14 heteroatoms. The largest absolute Gasteiger partial charge is 0.480 e. The molecule has 14 nitrogen and oxygen atoms in total. The van der Waals surface area contributed by atoms with Crippen molar-refractivity contribution >= 4 is 29.7 Å². The van der Waals surface area contributed by atoms with Crippen LogP contribution in [0.5, 0.6) is 0 Å². The molecule has 0 spiro atoms. The lowest BCUT2D eigenvalue weighted by Gasteiger charge is -2.29. The fraction of sp³-hybridized carbons (Fsp3) is 0.652. The molecular formula is C23H39N9O5. The zero-order valence-corrected chi connectivity index (χ0v) is 21.4. The van der Waals surface area contributed by atoms with Gasteiger partial charge in [0.15, 0.2) is 5.96 Å². The number of carbonyl (C=O) groups excluding carboxylic acids is 3. The first kappa shape index (κ1) is 29.5. The molecule has 3 amide bonds. The van der Waals surface area contributed by atoms with E-state index in [0.717, 1.165) is 0 Å². The van der Waals surface area contributed by atoms with Crippen LogP contribution >= 0.6 is 0 Å². The lowest BCUT2D eigenvalue weighted by Crippen LogP contribution is -2.57. The fourth-order valence-corrected chi connectivity index (χ4v) is 4.22. The minimum absolute atomic E-state index is 0.00932. The molecule has 2 heterocycles. The third kappa shape index (κ3) is 9.37. The van der Waals surface area contributed by atoms with Crippen molar-refractivity contribution in [2.75, 3.05) is 13.1 Å². The number of imidazole rings is 1. The molecule has 4 unspecified atom stereocenters. The topological polar surface area (TPSA) is 235 Å². The van der Waals surface area contributed by atoms with Gasteiger partial charge < -0.3 is 42.8 Å². The molecule has 0 bridgehead atoms. The van der Waals surface area contributed by atoms with Crippen LogP contribution in [0.3, 0.4) is 0 Å². The van der Waals surface area contributed by atoms with E-state index in [1.165, 1.54) is 17.4 Å². The Hall–Kier alpha value is -3.68. The number of carboxylic acid groups (broad SMARTS) is 1. The summed E-state index contributed by atoms with van der Waals surface area (Å²) in [5, 5.41) is 14.8. The second-order valence-electron chi connectivity index (χ2n) is 9.62. The number of carbonyl (C=O) groups is 4. The summed E-state index contributed by atoms with van der Waals surface area (Å²) in [4.78, 5) is 62.9. The molecule has 1 fully saturated rings. The Kier molecular flexibility index (Phi) is 11.3. The summed E-state index contributed by atoms with van der Waals surface area (Å²) in [5.41, 5.74) is 17.2. The summed E-state index contributed by atoms with van der Waals surface area (Å²) in [6.45, 7) is 4.50. The van der Waals surface area contributed by atoms with Crippen LogP contribution in [0.2, 0.25) is 0 Å². The molecule has 1 aromatic rings. The number of aromatic nitrogens is 2. The number of aliphatic imine (C=N–C) groups is 1. The average Bonchev–Trinajstić information content (AvgIpc) is 3.52. The standard InChI is InChI=1S/C23H39N9O5/c1-13(2)9-16(19(33)31-17(22(36)37)10-14-11-27-12-29-14)30-20(34)18-6-4-8-32(18)21(35)15(24)5-3-7-28-23(25)26/h11-13,15-18H,3-10,24H2,1-2H3,(H,27,29)(H,30,34)(H,31,33)(H,36,37)(H4,25,26,28). The van der Waals surface area contributed by atoms with Crippen LogP contribution in [0.25, 0.3) is 0 Å². The van der Waals surface area contributed by atoms with Crippen molar-refractivity contribution in [3.63, 3.8) is 0 Å². The van der Waals surface area contributed by atoms with Crippen molar-refractivity contribution in [3.8, 4) is 0 Å². The van der Waals surface area contributed by atoms with E-state index in [0.29, 0.717) is 50.9 Å². The van der Waals surface area contributed by atoms with Crippen molar-refractivity contribution in [3.05, 3.63) is 18.2 Å². The van der Waals surface area contributed by atoms with Gasteiger partial charge in [0, 0.05) is 31.4 Å². The minimum Gasteiger partial charge on any atom is -0.480 e. The number of guanidine groups is 1. The molecule has 0 aliphatic carbocycles. The van der Waals surface area contributed by atoms with Gasteiger partial charge >= 0.3 is 5.97 Å². The van der Waals surface area contributed by atoms with Gasteiger partial charge in [0.2, 0.25) is 17.7 Å². The van der Waals surface area contributed by atoms with E-state index in [4.69, 9.17) is 17.2 Å². The summed E-state index contributed by atoms with van der Waals surface area (Å²) in [5.74, 6) is -2.64. The number of aromatic amines is 1. The number of rotatable bonds is 14. The van der Waals surface area contributed by atoms with E-state index in [1.54, 1.807) is 0 Å². The van der Waals surface area contributed by atoms with E-state index in [2.05, 4.69) is 25.6 Å². The molecule has 0 radical (unpaired) electrons. The van der Waals surface area contributed by atoms with Gasteiger partial charge in [-0.2, -0.15) is 0 Å². The smallest absolute Gasteiger partial charge is 0.326 e. The van der Waals surface area contributed by atoms with E-state index >= 15 is 0 Å². The van der Waals surface area contributed by atoms with Crippen LogP contribution < -0.4 is 27.8 Å². The third-order valence-electron chi connectivity index (χ3n) is 6.06. The number of nitrogens with two attached hydrogens (primary N) is 3. The highest BCUT2D eigenvalue weighted by molar-refractivity contribution is 5.94. The van der Waals surface area contributed by atoms with Crippen LogP contribution in [0.15, 0.2) is 17.5 Å². The molecule has 1 aliphatic rings. The maximum absolute atomic E-state index is 13.2. The third-order valence-corrected chi connectivity index (χ3v) is 6.06. The van der Waals surface area contributed by atoms with Crippen molar-refractivity contribution in [1.29, 1.82) is 0 Å². The molecule has 1 aromatic heterocycles. The zero-order valence-electron chi connectivity index (χ0n) is 21.4. The SMILES string of the molecule is CC(C)CC(NC(=O)C1CCCN1C(=O)C(N)CCCN=C(N)N)C(=O)NC(Cc1cnc[nH]1)C(=O)O.